The molecule has 3 rings (SSSR count). The van der Waals surface area contributed by atoms with Gasteiger partial charge in [0.05, 0.1) is 30.0 Å². The van der Waals surface area contributed by atoms with Crippen molar-refractivity contribution in [2.24, 2.45) is 0 Å². The number of Topliss-reactive ketones (excluding diaryl/α,β-unsaturated/α-hetero) is 2. The zero-order chi connectivity index (χ0) is 45.2. The van der Waals surface area contributed by atoms with Gasteiger partial charge in [0.1, 0.15) is 30.4 Å². The van der Waals surface area contributed by atoms with E-state index in [1.807, 2.05) is 12.3 Å². The smallest absolute Gasteiger partial charge is 0.226 e. The fourth-order valence-electron chi connectivity index (χ4n) is 9.49. The number of pyridine rings is 1. The van der Waals surface area contributed by atoms with Gasteiger partial charge in [-0.2, -0.15) is 0 Å². The van der Waals surface area contributed by atoms with Crippen LogP contribution in [0.2, 0.25) is 0 Å². The van der Waals surface area contributed by atoms with Crippen molar-refractivity contribution < 1.29 is 14.2 Å². The number of carbonyl (C=O) groups excluding carboxylic acids is 2. The number of aryl methyl sites for hydroxylation is 1. The third-order valence-electron chi connectivity index (χ3n) is 13.7. The van der Waals surface area contributed by atoms with E-state index in [0.717, 1.165) is 56.0 Å². The van der Waals surface area contributed by atoms with Crippen LogP contribution in [0.5, 0.6) is 0 Å². The topological polar surface area (TPSA) is 79.1 Å². The molecule has 63 heavy (non-hydrogen) atoms. The highest BCUT2D eigenvalue weighted by Crippen LogP contribution is 2.40. The Labute approximate surface area is 387 Å². The maximum absolute atomic E-state index is 13.6. The van der Waals surface area contributed by atoms with Crippen LogP contribution >= 0.6 is 0 Å². The van der Waals surface area contributed by atoms with Crippen LogP contribution in [0, 0.1) is 6.92 Å². The van der Waals surface area contributed by atoms with Crippen molar-refractivity contribution in [1.82, 2.24) is 15.0 Å². The molecule has 0 N–H and O–H groups in total. The summed E-state index contributed by atoms with van der Waals surface area (Å²) in [5.74, 6) is -1.09. The molecule has 0 amide bonds. The average molecular weight is 871 g/mol. The second kappa shape index (κ2) is 35.3. The lowest BCUT2D eigenvalue weighted by Gasteiger charge is -2.31. The molecular weight excluding hydrogens is 775 g/mol. The number of ketones is 2. The monoisotopic (exact) mass is 871 g/mol. The van der Waals surface area contributed by atoms with Crippen LogP contribution in [0.15, 0.2) is 24.7 Å². The lowest BCUT2D eigenvalue weighted by atomic mass is 9.68. The van der Waals surface area contributed by atoms with E-state index in [-0.39, 0.29) is 11.6 Å². The van der Waals surface area contributed by atoms with Crippen molar-refractivity contribution in [3.05, 3.63) is 41.6 Å². The van der Waals surface area contributed by atoms with Gasteiger partial charge in [0.2, 0.25) is 5.69 Å². The lowest BCUT2D eigenvalue weighted by molar-refractivity contribution is -0.438. The molecule has 356 valence electrons. The molecule has 2 aromatic heterocycles. The molecule has 1 aliphatic rings. The van der Waals surface area contributed by atoms with Crippen LogP contribution in [0.1, 0.15) is 275 Å². The molecule has 0 spiro atoms. The first-order valence-corrected chi connectivity index (χ1v) is 27.2. The molecule has 0 aliphatic heterocycles. The van der Waals surface area contributed by atoms with Gasteiger partial charge in [-0.1, -0.05) is 207 Å². The first kappa shape index (κ1) is 54.4. The number of carbonyl (C=O) groups is 2. The molecule has 0 unspecified atom stereocenters. The molecule has 0 aromatic carbocycles. The zero-order valence-electron chi connectivity index (χ0n) is 41.8. The fraction of sp³-hybridized carbons (Fsp3) is 0.786. The predicted molar refractivity (Wildman–Crippen MR) is 269 cm³/mol. The Kier molecular flexibility index (Phi) is 30.5. The number of unbranched alkanes of at least 4 members (excludes halogenated alkanes) is 31. The molecular formula is C56H96N5O2+. The number of nitrogens with zero attached hydrogens (tertiary/aromatic N) is 5. The maximum Gasteiger partial charge on any atom is 0.226 e. The van der Waals surface area contributed by atoms with Crippen molar-refractivity contribution >= 4 is 29.3 Å². The minimum Gasteiger partial charge on any atom is -0.356 e. The van der Waals surface area contributed by atoms with E-state index in [1.165, 1.54) is 199 Å². The van der Waals surface area contributed by atoms with Crippen LogP contribution in [-0.4, -0.2) is 56.9 Å². The van der Waals surface area contributed by atoms with Crippen molar-refractivity contribution in [1.29, 1.82) is 0 Å². The Morgan fingerprint density at radius 2 is 0.905 bits per heavy atom. The standard InChI is InChI=1S/C56H96N5O2/c1-6-10-13-16-19-22-25-26-27-28-31-32-35-38-41-60(9-4)52-47-58-50(45-59-52)54-55(62)53(56(54)63)49-44-48(5)51(46-57-49)61(42-39-36-33-29-23-20-17-14-11-7-2)43-40-37-34-30-24-21-18-15-12-8-3/h42,44-47,53-54H,6-41,43H2,1-5H3/q+1. The van der Waals surface area contributed by atoms with Gasteiger partial charge >= 0.3 is 0 Å². The van der Waals surface area contributed by atoms with E-state index in [2.05, 4.69) is 55.3 Å². The summed E-state index contributed by atoms with van der Waals surface area (Å²) in [4.78, 5) is 43.6. The molecule has 1 saturated carbocycles. The fourth-order valence-corrected chi connectivity index (χ4v) is 9.49. The highest BCUT2D eigenvalue weighted by molar-refractivity contribution is 6.30. The summed E-state index contributed by atoms with van der Waals surface area (Å²) in [7, 11) is 0. The van der Waals surface area contributed by atoms with E-state index >= 15 is 0 Å². The van der Waals surface area contributed by atoms with E-state index in [4.69, 9.17) is 9.97 Å². The summed E-state index contributed by atoms with van der Waals surface area (Å²) >= 11 is 0. The Hall–Kier alpha value is -2.96. The first-order valence-electron chi connectivity index (χ1n) is 27.2. The summed E-state index contributed by atoms with van der Waals surface area (Å²) in [5, 5.41) is 0. The van der Waals surface area contributed by atoms with Crippen LogP contribution in [0.4, 0.5) is 11.5 Å². The van der Waals surface area contributed by atoms with Gasteiger partial charge < -0.3 is 4.90 Å². The Morgan fingerprint density at radius 3 is 1.33 bits per heavy atom. The third kappa shape index (κ3) is 21.7. The number of rotatable bonds is 41. The lowest BCUT2D eigenvalue weighted by Crippen LogP contribution is -2.45. The van der Waals surface area contributed by atoms with Gasteiger partial charge in [-0.3, -0.25) is 19.6 Å². The van der Waals surface area contributed by atoms with E-state index in [9.17, 15) is 9.59 Å². The minimum atomic E-state index is -0.850. The zero-order valence-corrected chi connectivity index (χ0v) is 41.8. The second-order valence-corrected chi connectivity index (χ2v) is 19.2. The van der Waals surface area contributed by atoms with E-state index in [1.54, 1.807) is 12.4 Å². The van der Waals surface area contributed by atoms with Gasteiger partial charge in [-0.15, -0.1) is 0 Å². The Balaban J connectivity index is 1.47. The molecule has 2 heterocycles. The SMILES string of the molecule is CCCCCCCCCCCC=[N+](CCCCCCCCCCCC)c1cnc(C2C(=O)C(c3cnc(N(CC)CCCCCCCCCCCCCCCC)cn3)C2=O)cc1C. The molecule has 0 bridgehead atoms. The second-order valence-electron chi connectivity index (χ2n) is 19.2. The number of hydrogen-bond donors (Lipinski definition) is 0. The summed E-state index contributed by atoms with van der Waals surface area (Å²) in [6.07, 6.45) is 52.9. The summed E-state index contributed by atoms with van der Waals surface area (Å²) in [6.45, 7) is 13.9. The van der Waals surface area contributed by atoms with Crippen molar-refractivity contribution in [3.63, 3.8) is 0 Å². The van der Waals surface area contributed by atoms with Gasteiger partial charge in [0, 0.05) is 31.5 Å². The highest BCUT2D eigenvalue weighted by atomic mass is 16.2. The van der Waals surface area contributed by atoms with Gasteiger partial charge in [0.15, 0.2) is 11.6 Å². The summed E-state index contributed by atoms with van der Waals surface area (Å²) < 4.78 is 2.41. The normalized spacial score (nSPS) is 15.3. The van der Waals surface area contributed by atoms with Crippen LogP contribution in [0.3, 0.4) is 0 Å². The highest BCUT2D eigenvalue weighted by Gasteiger charge is 2.52. The average Bonchev–Trinajstić information content (AvgIpc) is 3.29. The first-order chi connectivity index (χ1) is 31.0. The maximum atomic E-state index is 13.6. The van der Waals surface area contributed by atoms with Gasteiger partial charge in [-0.05, 0) is 39.2 Å². The van der Waals surface area contributed by atoms with E-state index < -0.39 is 11.8 Å². The molecule has 2 aromatic rings. The van der Waals surface area contributed by atoms with Gasteiger partial charge in [-0.25, -0.2) is 9.56 Å². The Bertz CT molecular complexity index is 1490. The predicted octanol–water partition coefficient (Wildman–Crippen LogP) is 16.1. The van der Waals surface area contributed by atoms with Crippen molar-refractivity contribution in [2.75, 3.05) is 24.5 Å². The van der Waals surface area contributed by atoms with Crippen molar-refractivity contribution in [2.45, 2.75) is 265 Å². The number of hydrogen-bond acceptors (Lipinski definition) is 6. The molecule has 1 aliphatic carbocycles. The molecule has 0 radical (unpaired) electrons. The Morgan fingerprint density at radius 1 is 0.492 bits per heavy atom. The molecule has 1 fully saturated rings. The molecule has 7 heteroatoms. The summed E-state index contributed by atoms with van der Waals surface area (Å²) in [6, 6.07) is 1.98. The van der Waals surface area contributed by atoms with Gasteiger partial charge in [0.25, 0.3) is 0 Å². The number of anilines is 1. The largest absolute Gasteiger partial charge is 0.356 e. The molecule has 0 atom stereocenters. The van der Waals surface area contributed by atoms with Crippen LogP contribution in [-0.2, 0) is 9.59 Å². The third-order valence-corrected chi connectivity index (χ3v) is 13.7. The van der Waals surface area contributed by atoms with E-state index in [0.29, 0.717) is 11.4 Å². The summed E-state index contributed by atoms with van der Waals surface area (Å²) in [5.41, 5.74) is 3.19. The molecule has 7 nitrogen and oxygen atoms in total. The molecule has 0 saturated heterocycles. The minimum absolute atomic E-state index is 0.115. The van der Waals surface area contributed by atoms with Crippen LogP contribution < -0.4 is 4.90 Å². The van der Waals surface area contributed by atoms with Crippen molar-refractivity contribution in [3.8, 4) is 0 Å². The quantitative estimate of drug-likeness (QED) is 0.0287. The number of aromatic nitrogens is 3. The van der Waals surface area contributed by atoms with Crippen LogP contribution in [0.25, 0.3) is 0 Å².